The van der Waals surface area contributed by atoms with Crippen LogP contribution >= 0.6 is 0 Å². The predicted octanol–water partition coefficient (Wildman–Crippen LogP) is 4.42. The van der Waals surface area contributed by atoms with Gasteiger partial charge in [0.2, 0.25) is 0 Å². The van der Waals surface area contributed by atoms with E-state index in [0.29, 0.717) is 11.5 Å². The molecule has 0 bridgehead atoms. The molecule has 37 heavy (non-hydrogen) atoms. The Morgan fingerprint density at radius 2 is 1.11 bits per heavy atom. The molecule has 2 rings (SSSR count). The van der Waals surface area contributed by atoms with Crippen LogP contribution in [0.5, 0.6) is 11.5 Å². The van der Waals surface area contributed by atoms with Crippen LogP contribution in [0.4, 0.5) is 0 Å². The number of aliphatic hydroxyl groups excluding tert-OH is 2. The molecule has 0 aromatic heterocycles. The highest BCUT2D eigenvalue weighted by molar-refractivity contribution is 5.87. The predicted molar refractivity (Wildman–Crippen MR) is 139 cm³/mol. The van der Waals surface area contributed by atoms with Crippen LogP contribution in [0.2, 0.25) is 0 Å². The second kappa shape index (κ2) is 12.6. The standard InChI is InChI=1S/C29H36O8/c1-17(2)25(32)36-27(19(5)30)34-23-13-9-11-21(15-23)29(7,8)22-12-10-14-24(16-22)35-28(20(6)31)37-26(33)18(3)4/h9-16,19-20,27-28,30-31H,1,3H2,2,4-8H3. The summed E-state index contributed by atoms with van der Waals surface area (Å²) in [6, 6.07) is 14.4. The first-order valence-corrected chi connectivity index (χ1v) is 11.9. The molecule has 0 heterocycles. The second-order valence-electron chi connectivity index (χ2n) is 9.51. The van der Waals surface area contributed by atoms with Gasteiger partial charge >= 0.3 is 11.9 Å². The first kappa shape index (κ1) is 29.6. The van der Waals surface area contributed by atoms with E-state index in [2.05, 4.69) is 13.2 Å². The molecule has 8 nitrogen and oxygen atoms in total. The summed E-state index contributed by atoms with van der Waals surface area (Å²) in [5.41, 5.74) is 1.59. The zero-order valence-electron chi connectivity index (χ0n) is 22.2. The van der Waals surface area contributed by atoms with Crippen molar-refractivity contribution in [2.45, 2.75) is 71.7 Å². The van der Waals surface area contributed by atoms with Gasteiger partial charge in [0.15, 0.2) is 0 Å². The SMILES string of the molecule is C=C(C)C(=O)OC(Oc1cccc(C(C)(C)c2cccc(OC(OC(=O)C(=C)C)C(C)O)c2)c1)C(C)O. The Morgan fingerprint density at radius 3 is 1.41 bits per heavy atom. The average Bonchev–Trinajstić information content (AvgIpc) is 2.83. The average molecular weight is 513 g/mol. The first-order chi connectivity index (χ1) is 17.2. The van der Waals surface area contributed by atoms with Crippen LogP contribution < -0.4 is 9.47 Å². The minimum Gasteiger partial charge on any atom is -0.452 e. The van der Waals surface area contributed by atoms with Gasteiger partial charge in [-0.2, -0.15) is 0 Å². The number of ether oxygens (including phenoxy) is 4. The van der Waals surface area contributed by atoms with E-state index in [1.165, 1.54) is 27.7 Å². The van der Waals surface area contributed by atoms with Gasteiger partial charge in [0.25, 0.3) is 12.6 Å². The summed E-state index contributed by atoms with van der Waals surface area (Å²) in [5.74, 6) is -0.522. The lowest BCUT2D eigenvalue weighted by Gasteiger charge is -2.28. The van der Waals surface area contributed by atoms with Gasteiger partial charge in [-0.25, -0.2) is 9.59 Å². The lowest BCUT2D eigenvalue weighted by molar-refractivity contribution is -0.174. The Balaban J connectivity index is 2.29. The van der Waals surface area contributed by atoms with E-state index in [1.807, 2.05) is 26.0 Å². The van der Waals surface area contributed by atoms with E-state index < -0.39 is 42.1 Å². The topological polar surface area (TPSA) is 112 Å². The third kappa shape index (κ3) is 8.20. The number of carbonyl (C=O) groups excluding carboxylic acids is 2. The third-order valence-electron chi connectivity index (χ3n) is 5.55. The van der Waals surface area contributed by atoms with Crippen molar-refractivity contribution < 1.29 is 38.7 Å². The van der Waals surface area contributed by atoms with Crippen molar-refractivity contribution in [2.24, 2.45) is 0 Å². The van der Waals surface area contributed by atoms with Gasteiger partial charge in [-0.1, -0.05) is 51.3 Å². The lowest BCUT2D eigenvalue weighted by Crippen LogP contribution is -2.35. The zero-order valence-corrected chi connectivity index (χ0v) is 22.2. The summed E-state index contributed by atoms with van der Waals surface area (Å²) >= 11 is 0. The maximum Gasteiger partial charge on any atom is 0.336 e. The molecule has 200 valence electrons. The lowest BCUT2D eigenvalue weighted by atomic mass is 9.78. The summed E-state index contributed by atoms with van der Waals surface area (Å²) in [7, 11) is 0. The highest BCUT2D eigenvalue weighted by Crippen LogP contribution is 2.35. The molecule has 2 aromatic rings. The van der Waals surface area contributed by atoms with E-state index in [0.717, 1.165) is 11.1 Å². The molecule has 8 heteroatoms. The van der Waals surface area contributed by atoms with Crippen molar-refractivity contribution in [3.8, 4) is 11.5 Å². The van der Waals surface area contributed by atoms with Gasteiger partial charge in [0.1, 0.15) is 23.7 Å². The summed E-state index contributed by atoms with van der Waals surface area (Å²) in [6.45, 7) is 17.0. The largest absolute Gasteiger partial charge is 0.452 e. The van der Waals surface area contributed by atoms with Gasteiger partial charge in [-0.3, -0.25) is 0 Å². The van der Waals surface area contributed by atoms with Gasteiger partial charge in [-0.05, 0) is 63.1 Å². The monoisotopic (exact) mass is 512 g/mol. The number of carbonyl (C=O) groups is 2. The normalized spacial score (nSPS) is 14.5. The summed E-state index contributed by atoms with van der Waals surface area (Å²) in [4.78, 5) is 23.9. The van der Waals surface area contributed by atoms with Crippen molar-refractivity contribution in [3.63, 3.8) is 0 Å². The fraction of sp³-hybridized carbons (Fsp3) is 0.379. The van der Waals surface area contributed by atoms with Crippen molar-refractivity contribution in [3.05, 3.63) is 84.0 Å². The minimum absolute atomic E-state index is 0.193. The quantitative estimate of drug-likeness (QED) is 0.244. The Labute approximate surface area is 218 Å². The molecule has 4 atom stereocenters. The van der Waals surface area contributed by atoms with Crippen LogP contribution in [-0.2, 0) is 24.5 Å². The van der Waals surface area contributed by atoms with Crippen LogP contribution in [-0.4, -0.2) is 46.9 Å². The Bertz CT molecular complexity index is 1040. The van der Waals surface area contributed by atoms with E-state index in [4.69, 9.17) is 18.9 Å². The molecule has 0 amide bonds. The number of aliphatic hydroxyl groups is 2. The zero-order chi connectivity index (χ0) is 27.9. The summed E-state index contributed by atoms with van der Waals surface area (Å²) in [6.07, 6.45) is -4.57. The first-order valence-electron chi connectivity index (χ1n) is 11.9. The van der Waals surface area contributed by atoms with Crippen LogP contribution in [0, 0.1) is 0 Å². The number of benzene rings is 2. The third-order valence-corrected chi connectivity index (χ3v) is 5.55. The van der Waals surface area contributed by atoms with E-state index in [-0.39, 0.29) is 11.1 Å². The highest BCUT2D eigenvalue weighted by Gasteiger charge is 2.27. The summed E-state index contributed by atoms with van der Waals surface area (Å²) in [5, 5.41) is 20.1. The number of hydrogen-bond acceptors (Lipinski definition) is 8. The summed E-state index contributed by atoms with van der Waals surface area (Å²) < 4.78 is 22.0. The fourth-order valence-corrected chi connectivity index (χ4v) is 3.21. The Kier molecular flexibility index (Phi) is 10.1. The van der Waals surface area contributed by atoms with Gasteiger partial charge in [0.05, 0.1) is 0 Å². The van der Waals surface area contributed by atoms with E-state index in [1.54, 1.807) is 36.4 Å². The van der Waals surface area contributed by atoms with Crippen molar-refractivity contribution in [1.82, 2.24) is 0 Å². The molecule has 2 aromatic carbocycles. The molecule has 0 saturated heterocycles. The molecule has 0 aliphatic rings. The van der Waals surface area contributed by atoms with Crippen molar-refractivity contribution in [1.29, 1.82) is 0 Å². The molecule has 0 radical (unpaired) electrons. The Morgan fingerprint density at radius 1 is 0.757 bits per heavy atom. The number of esters is 2. The molecular formula is C29H36O8. The molecular weight excluding hydrogens is 476 g/mol. The minimum atomic E-state index is -1.21. The smallest absolute Gasteiger partial charge is 0.336 e. The van der Waals surface area contributed by atoms with E-state index >= 15 is 0 Å². The second-order valence-corrected chi connectivity index (χ2v) is 9.51. The molecule has 0 aliphatic heterocycles. The number of hydrogen-bond donors (Lipinski definition) is 2. The van der Waals surface area contributed by atoms with Crippen molar-refractivity contribution in [2.75, 3.05) is 0 Å². The highest BCUT2D eigenvalue weighted by atomic mass is 16.7. The number of rotatable bonds is 12. The van der Waals surface area contributed by atoms with Gasteiger partial charge in [-0.15, -0.1) is 0 Å². The van der Waals surface area contributed by atoms with Crippen LogP contribution in [0.3, 0.4) is 0 Å². The van der Waals surface area contributed by atoms with Crippen LogP contribution in [0.15, 0.2) is 72.8 Å². The van der Waals surface area contributed by atoms with E-state index in [9.17, 15) is 19.8 Å². The fourth-order valence-electron chi connectivity index (χ4n) is 3.21. The van der Waals surface area contributed by atoms with Crippen LogP contribution in [0.25, 0.3) is 0 Å². The molecule has 0 aliphatic carbocycles. The molecule has 0 fully saturated rings. The van der Waals surface area contributed by atoms with Gasteiger partial charge in [0, 0.05) is 16.6 Å². The molecule has 0 saturated carbocycles. The molecule has 0 spiro atoms. The molecule has 4 unspecified atom stereocenters. The maximum absolute atomic E-state index is 11.9. The maximum atomic E-state index is 11.9. The Hall–Kier alpha value is -3.62. The van der Waals surface area contributed by atoms with Crippen molar-refractivity contribution >= 4 is 11.9 Å². The van der Waals surface area contributed by atoms with Gasteiger partial charge < -0.3 is 29.2 Å². The van der Waals surface area contributed by atoms with Crippen LogP contribution in [0.1, 0.15) is 52.7 Å². The molecule has 2 N–H and O–H groups in total.